The molecule has 1 atom stereocenters. The average molecular weight is 383 g/mol. The van der Waals surface area contributed by atoms with Crippen molar-refractivity contribution in [2.75, 3.05) is 0 Å². The Labute approximate surface area is 143 Å². The normalized spacial score (nSPS) is 22.1. The molecular formula is C16H15Cl2NZr. The van der Waals surface area contributed by atoms with Gasteiger partial charge in [0, 0.05) is 0 Å². The quantitative estimate of drug-likeness (QED) is 0.598. The number of rotatable bonds is 2. The summed E-state index contributed by atoms with van der Waals surface area (Å²) in [5.74, 6) is 0. The zero-order chi connectivity index (χ0) is 12.2. The Bertz CT molecular complexity index is 702. The van der Waals surface area contributed by atoms with Crippen LogP contribution in [0.3, 0.4) is 0 Å². The van der Waals surface area contributed by atoms with Crippen molar-refractivity contribution in [3.8, 4) is 0 Å². The number of aromatic nitrogens is 1. The molecule has 20 heavy (non-hydrogen) atoms. The summed E-state index contributed by atoms with van der Waals surface area (Å²) >= 11 is -0.610. The minimum Gasteiger partial charge on any atom is -1.00 e. The minimum atomic E-state index is -0.610. The Morgan fingerprint density at radius 2 is 2.00 bits per heavy atom. The first-order chi connectivity index (χ1) is 8.78. The second-order valence-corrected chi connectivity index (χ2v) is 9.35. The van der Waals surface area contributed by atoms with Crippen molar-refractivity contribution < 1.29 is 48.0 Å². The first-order valence-corrected chi connectivity index (χ1v) is 8.99. The summed E-state index contributed by atoms with van der Waals surface area (Å²) in [4.78, 5) is 3.68. The summed E-state index contributed by atoms with van der Waals surface area (Å²) in [6.07, 6.45) is 9.82. The van der Waals surface area contributed by atoms with Gasteiger partial charge < -0.3 is 24.8 Å². The van der Waals surface area contributed by atoms with Gasteiger partial charge in [-0.2, -0.15) is 0 Å². The molecule has 1 N–H and O–H groups in total. The first-order valence-electron chi connectivity index (χ1n) is 6.53. The van der Waals surface area contributed by atoms with Crippen molar-refractivity contribution in [2.24, 2.45) is 0 Å². The molecule has 102 valence electrons. The van der Waals surface area contributed by atoms with Crippen molar-refractivity contribution in [1.82, 2.24) is 4.98 Å². The van der Waals surface area contributed by atoms with E-state index in [2.05, 4.69) is 54.4 Å². The Hall–Kier alpha value is -0.297. The average Bonchev–Trinajstić information content (AvgIpc) is 2.82. The zero-order valence-corrected chi connectivity index (χ0v) is 15.2. The summed E-state index contributed by atoms with van der Waals surface area (Å²) in [5.41, 5.74) is 4.51. The molecule has 0 amide bonds. The molecule has 0 bridgehead atoms. The fraction of sp³-hybridized carbons (Fsp3) is 0.250. The van der Waals surface area contributed by atoms with Crippen molar-refractivity contribution in [2.45, 2.75) is 22.9 Å². The van der Waals surface area contributed by atoms with Crippen LogP contribution in [0.15, 0.2) is 48.1 Å². The van der Waals surface area contributed by atoms with E-state index in [0.717, 1.165) is 0 Å². The van der Waals surface area contributed by atoms with Gasteiger partial charge in [0.2, 0.25) is 0 Å². The van der Waals surface area contributed by atoms with E-state index in [-0.39, 0.29) is 24.8 Å². The van der Waals surface area contributed by atoms with Gasteiger partial charge in [-0.1, -0.05) is 0 Å². The molecule has 0 spiro atoms. The van der Waals surface area contributed by atoms with Gasteiger partial charge in [0.1, 0.15) is 0 Å². The monoisotopic (exact) mass is 381 g/mol. The Kier molecular flexibility index (Phi) is 4.69. The molecule has 0 radical (unpaired) electrons. The van der Waals surface area contributed by atoms with E-state index < -0.39 is 23.2 Å². The second kappa shape index (κ2) is 5.83. The van der Waals surface area contributed by atoms with E-state index in [1.807, 2.05) is 0 Å². The van der Waals surface area contributed by atoms with Gasteiger partial charge in [0.15, 0.2) is 0 Å². The molecule has 1 saturated carbocycles. The molecule has 1 heterocycles. The standard InChI is InChI=1S/C9H8N.C7H7.2ClH.Zr/c1-7-6-10-9-5-3-2-4-8(7)9;1-2-6-4-5-7(6)3-1;;;/h2-5,10H,1H3;1-3H,4-5H2;2*1H;/q;;;;+2/p-2. The maximum atomic E-state index is 3.68. The fourth-order valence-electron chi connectivity index (χ4n) is 3.10. The molecule has 4 rings (SSSR count). The van der Waals surface area contributed by atoms with Crippen LogP contribution in [-0.4, -0.2) is 4.98 Å². The molecule has 1 unspecified atom stereocenters. The van der Waals surface area contributed by atoms with Gasteiger partial charge in [-0.15, -0.1) is 0 Å². The fourth-order valence-corrected chi connectivity index (χ4v) is 7.44. The van der Waals surface area contributed by atoms with Crippen LogP contribution in [0.4, 0.5) is 0 Å². The molecule has 2 aromatic rings. The Morgan fingerprint density at radius 1 is 1.20 bits per heavy atom. The number of aryl methyl sites for hydroxylation is 1. The van der Waals surface area contributed by atoms with Gasteiger partial charge in [-0.3, -0.25) is 0 Å². The Morgan fingerprint density at radius 3 is 2.65 bits per heavy atom. The number of H-pyrrole nitrogens is 1. The number of allylic oxidation sites excluding steroid dienone is 4. The first kappa shape index (κ1) is 16.1. The third-order valence-electron chi connectivity index (χ3n) is 4.35. The van der Waals surface area contributed by atoms with Crippen LogP contribution < -0.4 is 28.2 Å². The van der Waals surface area contributed by atoms with Gasteiger partial charge in [0.05, 0.1) is 0 Å². The maximum Gasteiger partial charge on any atom is -1.00 e. The van der Waals surface area contributed by atoms with Crippen molar-refractivity contribution in [3.63, 3.8) is 0 Å². The molecule has 1 nitrogen and oxygen atoms in total. The van der Waals surface area contributed by atoms with Crippen LogP contribution in [0.2, 0.25) is 3.12 Å². The van der Waals surface area contributed by atoms with E-state index >= 15 is 0 Å². The molecule has 0 saturated heterocycles. The molecule has 2 aliphatic carbocycles. The predicted octanol–water partition coefficient (Wildman–Crippen LogP) is -2.36. The summed E-state index contributed by atoms with van der Waals surface area (Å²) in [7, 11) is 0. The van der Waals surface area contributed by atoms with Crippen molar-refractivity contribution in [3.05, 3.63) is 53.6 Å². The van der Waals surface area contributed by atoms with E-state index in [4.69, 9.17) is 0 Å². The summed E-state index contributed by atoms with van der Waals surface area (Å²) in [6, 6.07) is 8.70. The largest absolute Gasteiger partial charge is 1.00 e. The minimum absolute atomic E-state index is 0. The van der Waals surface area contributed by atoms with Crippen LogP contribution in [0.1, 0.15) is 18.4 Å². The maximum absolute atomic E-state index is 3.68. The van der Waals surface area contributed by atoms with E-state index in [1.165, 1.54) is 29.3 Å². The smallest absolute Gasteiger partial charge is 1.00 e. The molecule has 4 heteroatoms. The number of para-hydroxylation sites is 1. The number of hydrogen-bond acceptors (Lipinski definition) is 0. The number of benzene rings is 1. The number of nitrogens with one attached hydrogen (secondary N) is 1. The van der Waals surface area contributed by atoms with E-state index in [0.29, 0.717) is 3.12 Å². The van der Waals surface area contributed by atoms with Crippen LogP contribution in [-0.2, 0) is 23.2 Å². The van der Waals surface area contributed by atoms with Crippen molar-refractivity contribution in [1.29, 1.82) is 0 Å². The molecule has 1 aromatic carbocycles. The predicted molar refractivity (Wildman–Crippen MR) is 71.8 cm³/mol. The number of fused-ring (bicyclic) bond motifs is 2. The number of hydrogen-bond donors (Lipinski definition) is 1. The topological polar surface area (TPSA) is 15.8 Å². The van der Waals surface area contributed by atoms with Gasteiger partial charge in [-0.25, -0.2) is 0 Å². The van der Waals surface area contributed by atoms with E-state index in [1.54, 1.807) is 8.97 Å². The SMILES string of the molecule is Cc1[c]([Zr+2][C]23C=CC=C2CC3)[nH]c2ccccc12.[Cl-].[Cl-]. The van der Waals surface area contributed by atoms with Crippen LogP contribution in [0.5, 0.6) is 0 Å². The second-order valence-electron chi connectivity index (χ2n) is 5.32. The zero-order valence-electron chi connectivity index (χ0n) is 11.2. The van der Waals surface area contributed by atoms with Gasteiger partial charge >= 0.3 is 119 Å². The molecular weight excluding hydrogens is 368 g/mol. The number of aromatic amines is 1. The van der Waals surface area contributed by atoms with Crippen LogP contribution in [0, 0.1) is 6.92 Å². The molecule has 1 fully saturated rings. The van der Waals surface area contributed by atoms with Gasteiger partial charge in [0.25, 0.3) is 0 Å². The third-order valence-corrected chi connectivity index (χ3v) is 9.11. The Balaban J connectivity index is 0.000000735. The van der Waals surface area contributed by atoms with E-state index in [9.17, 15) is 0 Å². The number of halogens is 2. The van der Waals surface area contributed by atoms with Crippen molar-refractivity contribution >= 4 is 14.3 Å². The van der Waals surface area contributed by atoms with Crippen LogP contribution >= 0.6 is 0 Å². The molecule has 1 aromatic heterocycles. The summed E-state index contributed by atoms with van der Waals surface area (Å²) in [5, 5.41) is 1.41. The van der Waals surface area contributed by atoms with Crippen LogP contribution in [0.25, 0.3) is 10.9 Å². The van der Waals surface area contributed by atoms with Gasteiger partial charge in [-0.05, 0) is 0 Å². The third kappa shape index (κ3) is 2.26. The summed E-state index contributed by atoms with van der Waals surface area (Å²) < 4.78 is 2.10. The molecule has 2 aliphatic rings. The summed E-state index contributed by atoms with van der Waals surface area (Å²) in [6.45, 7) is 2.28. The molecule has 0 aliphatic heterocycles.